The molecule has 1 heterocycles. The summed E-state index contributed by atoms with van der Waals surface area (Å²) in [5, 5.41) is -0.0432. The van der Waals surface area contributed by atoms with Crippen LogP contribution in [0.2, 0.25) is 0 Å². The first-order valence-electron chi connectivity index (χ1n) is 6.63. The Morgan fingerprint density at radius 3 is 2.80 bits per heavy atom. The number of rotatable bonds is 4. The molecule has 2 rings (SSSR count). The number of ether oxygens (including phenoxy) is 1. The highest BCUT2D eigenvalue weighted by Crippen LogP contribution is 2.20. The van der Waals surface area contributed by atoms with Crippen molar-refractivity contribution >= 4 is 23.1 Å². The Labute approximate surface area is 123 Å². The Kier molecular flexibility index (Phi) is 5.83. The second-order valence-electron chi connectivity index (χ2n) is 4.42. The molecule has 20 heavy (non-hydrogen) atoms. The van der Waals surface area contributed by atoms with Crippen LogP contribution in [0.1, 0.15) is 29.6 Å². The minimum absolute atomic E-state index is 0.0432. The van der Waals surface area contributed by atoms with Gasteiger partial charge in [-0.3, -0.25) is 9.79 Å². The summed E-state index contributed by atoms with van der Waals surface area (Å²) in [5.41, 5.74) is 6.20. The van der Waals surface area contributed by atoms with Crippen molar-refractivity contribution in [3.8, 4) is 0 Å². The van der Waals surface area contributed by atoms with Crippen LogP contribution >= 0.6 is 11.8 Å². The number of thioether (sulfide) groups is 1. The summed E-state index contributed by atoms with van der Waals surface area (Å²) in [6, 6.07) is 9.12. The molecule has 1 atom stereocenters. The van der Waals surface area contributed by atoms with E-state index in [-0.39, 0.29) is 11.3 Å². The monoisotopic (exact) mass is 290 g/mol. The predicted molar refractivity (Wildman–Crippen MR) is 82.7 cm³/mol. The van der Waals surface area contributed by atoms with Crippen molar-refractivity contribution in [1.29, 1.82) is 0 Å². The van der Waals surface area contributed by atoms with Gasteiger partial charge < -0.3 is 10.5 Å². The molecule has 5 heteroatoms. The smallest absolute Gasteiger partial charge is 0.224 e. The normalized spacial score (nSPS) is 20.2. The van der Waals surface area contributed by atoms with E-state index in [1.807, 2.05) is 18.2 Å². The van der Waals surface area contributed by atoms with E-state index in [0.717, 1.165) is 37.6 Å². The molecule has 2 N–H and O–H groups in total. The summed E-state index contributed by atoms with van der Waals surface area (Å²) in [6.45, 7) is 0.750. The summed E-state index contributed by atoms with van der Waals surface area (Å²) in [5.74, 6) is 0. The van der Waals surface area contributed by atoms with Gasteiger partial charge in [0.2, 0.25) is 5.12 Å². The molecule has 1 aliphatic heterocycles. The average Bonchev–Trinajstić information content (AvgIpc) is 2.53. The van der Waals surface area contributed by atoms with Gasteiger partial charge in [-0.05, 0) is 31.0 Å². The van der Waals surface area contributed by atoms with Gasteiger partial charge in [0.15, 0.2) is 0 Å². The molecule has 0 bridgehead atoms. The lowest BCUT2D eigenvalue weighted by Gasteiger charge is -2.18. The number of benzene rings is 1. The van der Waals surface area contributed by atoms with E-state index in [4.69, 9.17) is 10.5 Å². The average molecular weight is 290 g/mol. The van der Waals surface area contributed by atoms with Gasteiger partial charge in [-0.15, -0.1) is 0 Å². The fourth-order valence-corrected chi connectivity index (χ4v) is 2.49. The summed E-state index contributed by atoms with van der Waals surface area (Å²) in [6.07, 6.45) is 6.06. The molecular weight excluding hydrogens is 272 g/mol. The number of hydrogen-bond donors (Lipinski definition) is 1. The Balaban J connectivity index is 1.92. The molecule has 4 nitrogen and oxygen atoms in total. The molecule has 1 saturated heterocycles. The van der Waals surface area contributed by atoms with Crippen molar-refractivity contribution in [1.82, 2.24) is 0 Å². The van der Waals surface area contributed by atoms with Crippen LogP contribution in [-0.4, -0.2) is 24.2 Å². The van der Waals surface area contributed by atoms with Crippen molar-refractivity contribution in [3.05, 3.63) is 47.0 Å². The maximum absolute atomic E-state index is 12.0. The van der Waals surface area contributed by atoms with Crippen LogP contribution in [0.5, 0.6) is 0 Å². The molecule has 106 valence electrons. The van der Waals surface area contributed by atoms with Crippen molar-refractivity contribution < 1.29 is 9.53 Å². The van der Waals surface area contributed by atoms with Crippen LogP contribution in [-0.2, 0) is 4.74 Å². The minimum atomic E-state index is -0.105. The van der Waals surface area contributed by atoms with Gasteiger partial charge in [0.25, 0.3) is 0 Å². The lowest BCUT2D eigenvalue weighted by molar-refractivity contribution is 0.0227. The molecule has 1 aliphatic rings. The second kappa shape index (κ2) is 7.87. The van der Waals surface area contributed by atoms with Crippen molar-refractivity contribution in [2.45, 2.75) is 25.5 Å². The third kappa shape index (κ3) is 4.51. The summed E-state index contributed by atoms with van der Waals surface area (Å²) < 4.78 is 5.50. The highest BCUT2D eigenvalue weighted by Gasteiger charge is 2.12. The Hall–Kier alpha value is -1.59. The van der Waals surface area contributed by atoms with Crippen molar-refractivity contribution in [2.24, 2.45) is 10.7 Å². The predicted octanol–water partition coefficient (Wildman–Crippen LogP) is 2.96. The molecule has 1 aromatic carbocycles. The number of aliphatic imine (C=N–C) groups is 1. The van der Waals surface area contributed by atoms with Crippen LogP contribution in [0.15, 0.2) is 46.4 Å². The molecule has 0 amide bonds. The number of carbonyl (C=O) groups excluding carboxylic acids is 1. The number of carbonyl (C=O) groups is 1. The van der Waals surface area contributed by atoms with E-state index >= 15 is 0 Å². The third-order valence-corrected chi connectivity index (χ3v) is 3.81. The number of nitrogens with zero attached hydrogens (tertiary/aromatic N) is 1. The lowest BCUT2D eigenvalue weighted by atomic mass is 10.2. The van der Waals surface area contributed by atoms with E-state index in [1.54, 1.807) is 18.3 Å². The van der Waals surface area contributed by atoms with Gasteiger partial charge >= 0.3 is 0 Å². The molecule has 0 saturated carbocycles. The minimum Gasteiger partial charge on any atom is -0.404 e. The van der Waals surface area contributed by atoms with E-state index in [1.165, 1.54) is 6.20 Å². The van der Waals surface area contributed by atoms with Crippen LogP contribution in [0, 0.1) is 0 Å². The summed E-state index contributed by atoms with van der Waals surface area (Å²) >= 11 is 1.08. The van der Waals surface area contributed by atoms with Gasteiger partial charge in [0.1, 0.15) is 6.23 Å². The number of allylic oxidation sites excluding steroid dienone is 1. The van der Waals surface area contributed by atoms with Crippen molar-refractivity contribution in [3.63, 3.8) is 0 Å². The van der Waals surface area contributed by atoms with Crippen LogP contribution in [0.3, 0.4) is 0 Å². The molecule has 1 unspecified atom stereocenters. The first-order chi connectivity index (χ1) is 9.79. The van der Waals surface area contributed by atoms with E-state index in [9.17, 15) is 4.79 Å². The Morgan fingerprint density at radius 2 is 2.15 bits per heavy atom. The van der Waals surface area contributed by atoms with Crippen LogP contribution in [0.25, 0.3) is 0 Å². The van der Waals surface area contributed by atoms with Gasteiger partial charge in [-0.2, -0.15) is 0 Å². The van der Waals surface area contributed by atoms with Crippen LogP contribution < -0.4 is 5.73 Å². The van der Waals surface area contributed by atoms with Crippen molar-refractivity contribution in [2.75, 3.05) is 6.61 Å². The lowest BCUT2D eigenvalue weighted by Crippen LogP contribution is -2.16. The van der Waals surface area contributed by atoms with Gasteiger partial charge in [-0.1, -0.05) is 30.3 Å². The fraction of sp³-hybridized carbons (Fsp3) is 0.333. The van der Waals surface area contributed by atoms with Gasteiger partial charge in [-0.25, -0.2) is 0 Å². The standard InChI is InChI=1S/C15H18N2O2S/c16-10-13(11-17-14-8-4-5-9-19-14)20-15(18)12-6-2-1-3-7-12/h1-3,6-7,10-11,14H,4-5,8-9,16H2. The molecule has 1 fully saturated rings. The quantitative estimate of drug-likeness (QED) is 0.866. The topological polar surface area (TPSA) is 64.7 Å². The zero-order valence-corrected chi connectivity index (χ0v) is 12.0. The van der Waals surface area contributed by atoms with E-state index in [0.29, 0.717) is 10.5 Å². The summed E-state index contributed by atoms with van der Waals surface area (Å²) in [4.78, 5) is 17.0. The first-order valence-corrected chi connectivity index (χ1v) is 7.45. The first kappa shape index (κ1) is 14.8. The molecule has 0 spiro atoms. The molecule has 0 aromatic heterocycles. The number of nitrogens with two attached hydrogens (primary N) is 1. The van der Waals surface area contributed by atoms with Crippen LogP contribution in [0.4, 0.5) is 0 Å². The van der Waals surface area contributed by atoms with E-state index < -0.39 is 0 Å². The van der Waals surface area contributed by atoms with Gasteiger partial charge in [0.05, 0.1) is 0 Å². The zero-order chi connectivity index (χ0) is 14.2. The van der Waals surface area contributed by atoms with E-state index in [2.05, 4.69) is 4.99 Å². The summed E-state index contributed by atoms with van der Waals surface area (Å²) in [7, 11) is 0. The third-order valence-electron chi connectivity index (χ3n) is 2.91. The second-order valence-corrected chi connectivity index (χ2v) is 5.47. The van der Waals surface area contributed by atoms with Gasteiger partial charge in [0, 0.05) is 29.5 Å². The highest BCUT2D eigenvalue weighted by atomic mass is 32.2. The maximum atomic E-state index is 12.0. The maximum Gasteiger partial charge on any atom is 0.224 e. The molecule has 0 aliphatic carbocycles. The highest BCUT2D eigenvalue weighted by molar-refractivity contribution is 8.18. The fourth-order valence-electron chi connectivity index (χ4n) is 1.84. The number of hydrogen-bond acceptors (Lipinski definition) is 5. The zero-order valence-electron chi connectivity index (χ0n) is 11.2. The Morgan fingerprint density at radius 1 is 1.35 bits per heavy atom. The SMILES string of the molecule is NC=C(C=NC1CCCCO1)SC(=O)c1ccccc1. The molecule has 0 radical (unpaired) electrons. The molecule has 1 aromatic rings. The molecular formula is C15H18N2O2S. The Bertz CT molecular complexity index is 494. The largest absolute Gasteiger partial charge is 0.404 e.